The Morgan fingerprint density at radius 2 is 2.12 bits per heavy atom. The first-order chi connectivity index (χ1) is 7.48. The molecule has 0 amide bonds. The van der Waals surface area contributed by atoms with Crippen molar-refractivity contribution >= 4 is 11.4 Å². The molecule has 1 fully saturated rings. The first kappa shape index (κ1) is 10.9. The van der Waals surface area contributed by atoms with Gasteiger partial charge in [-0.1, -0.05) is 0 Å². The van der Waals surface area contributed by atoms with Gasteiger partial charge in [-0.2, -0.15) is 0 Å². The summed E-state index contributed by atoms with van der Waals surface area (Å²) in [6, 6.07) is 3.58. The van der Waals surface area contributed by atoms with Gasteiger partial charge in [0.2, 0.25) is 0 Å². The van der Waals surface area contributed by atoms with E-state index < -0.39 is 10.7 Å². The van der Waals surface area contributed by atoms with Gasteiger partial charge < -0.3 is 5.32 Å². The molecule has 1 aliphatic rings. The number of nitrogens with zero attached hydrogens (tertiary/aromatic N) is 1. The maximum atomic E-state index is 13.1. The van der Waals surface area contributed by atoms with Crippen LogP contribution in [-0.2, 0) is 0 Å². The van der Waals surface area contributed by atoms with Crippen molar-refractivity contribution < 1.29 is 9.31 Å². The van der Waals surface area contributed by atoms with Crippen LogP contribution >= 0.6 is 0 Å². The number of halogens is 1. The highest BCUT2D eigenvalue weighted by molar-refractivity contribution is 5.53. The molecular formula is C11H13FN2O2. The van der Waals surface area contributed by atoms with Gasteiger partial charge in [0.1, 0.15) is 5.82 Å². The number of hydrogen-bond donors (Lipinski definition) is 1. The second-order valence-electron chi connectivity index (χ2n) is 4.49. The molecule has 1 N–H and O–H groups in total. The van der Waals surface area contributed by atoms with Crippen LogP contribution in [0.3, 0.4) is 0 Å². The molecule has 16 heavy (non-hydrogen) atoms. The summed E-state index contributed by atoms with van der Waals surface area (Å²) in [6.07, 6.45) is 3.16. The van der Waals surface area contributed by atoms with Crippen LogP contribution in [0.4, 0.5) is 15.8 Å². The van der Waals surface area contributed by atoms with Crippen LogP contribution in [0.25, 0.3) is 0 Å². The molecule has 5 heteroatoms. The zero-order chi connectivity index (χ0) is 11.8. The molecule has 0 bridgehead atoms. The molecule has 0 atom stereocenters. The van der Waals surface area contributed by atoms with E-state index in [0.717, 1.165) is 25.3 Å². The summed E-state index contributed by atoms with van der Waals surface area (Å²) in [7, 11) is 0. The van der Waals surface area contributed by atoms with E-state index in [2.05, 4.69) is 5.32 Å². The average Bonchev–Trinajstić information content (AvgIpc) is 2.14. The highest BCUT2D eigenvalue weighted by atomic mass is 19.1. The molecular weight excluding hydrogens is 211 g/mol. The number of nitrogens with one attached hydrogen (secondary N) is 1. The number of anilines is 1. The molecule has 0 saturated heterocycles. The summed E-state index contributed by atoms with van der Waals surface area (Å²) >= 11 is 0. The van der Waals surface area contributed by atoms with Gasteiger partial charge in [0.15, 0.2) is 0 Å². The Hall–Kier alpha value is -1.65. The largest absolute Gasteiger partial charge is 0.380 e. The van der Waals surface area contributed by atoms with Crippen LogP contribution in [0.5, 0.6) is 0 Å². The number of non-ortho nitro benzene ring substituents is 1. The molecule has 0 heterocycles. The van der Waals surface area contributed by atoms with Gasteiger partial charge in [-0.05, 0) is 32.3 Å². The quantitative estimate of drug-likeness (QED) is 0.634. The number of hydrogen-bond acceptors (Lipinski definition) is 3. The zero-order valence-corrected chi connectivity index (χ0v) is 9.00. The van der Waals surface area contributed by atoms with E-state index in [4.69, 9.17) is 0 Å². The Bertz CT molecular complexity index is 430. The monoisotopic (exact) mass is 224 g/mol. The fourth-order valence-electron chi connectivity index (χ4n) is 1.93. The fourth-order valence-corrected chi connectivity index (χ4v) is 1.93. The third-order valence-corrected chi connectivity index (χ3v) is 3.00. The topological polar surface area (TPSA) is 55.2 Å². The second kappa shape index (κ2) is 3.73. The lowest BCUT2D eigenvalue weighted by Crippen LogP contribution is -2.41. The van der Waals surface area contributed by atoms with Crippen molar-refractivity contribution in [1.82, 2.24) is 0 Å². The smallest absolute Gasteiger partial charge is 0.274 e. The minimum atomic E-state index is -0.586. The lowest BCUT2D eigenvalue weighted by Gasteiger charge is -2.40. The van der Waals surface area contributed by atoms with Crippen molar-refractivity contribution in [3.05, 3.63) is 34.1 Å². The standard InChI is InChI=1S/C11H13FN2O2/c1-11(3-2-4-11)13-9-5-8(12)6-10(7-9)14(15)16/h5-7,13H,2-4H2,1H3. The van der Waals surface area contributed by atoms with Crippen LogP contribution in [-0.4, -0.2) is 10.5 Å². The Morgan fingerprint density at radius 3 is 2.62 bits per heavy atom. The summed E-state index contributed by atoms with van der Waals surface area (Å²) < 4.78 is 13.1. The highest BCUT2D eigenvalue weighted by Crippen LogP contribution is 2.35. The SMILES string of the molecule is CC1(Nc2cc(F)cc([N+](=O)[O-])c2)CCC1. The molecule has 1 aliphatic carbocycles. The molecule has 86 valence electrons. The van der Waals surface area contributed by atoms with E-state index in [1.807, 2.05) is 6.92 Å². The molecule has 1 saturated carbocycles. The van der Waals surface area contributed by atoms with Gasteiger partial charge in [-0.25, -0.2) is 4.39 Å². The van der Waals surface area contributed by atoms with Gasteiger partial charge in [0.05, 0.1) is 11.0 Å². The lowest BCUT2D eigenvalue weighted by molar-refractivity contribution is -0.385. The maximum absolute atomic E-state index is 13.1. The van der Waals surface area contributed by atoms with Crippen LogP contribution in [0.1, 0.15) is 26.2 Å². The van der Waals surface area contributed by atoms with Crippen LogP contribution < -0.4 is 5.32 Å². The summed E-state index contributed by atoms with van der Waals surface area (Å²) in [6.45, 7) is 2.03. The molecule has 1 aromatic rings. The van der Waals surface area contributed by atoms with E-state index in [1.165, 1.54) is 12.1 Å². The second-order valence-corrected chi connectivity index (χ2v) is 4.49. The lowest BCUT2D eigenvalue weighted by atomic mass is 9.78. The van der Waals surface area contributed by atoms with E-state index in [0.29, 0.717) is 5.69 Å². The maximum Gasteiger partial charge on any atom is 0.274 e. The van der Waals surface area contributed by atoms with Crippen LogP contribution in [0.15, 0.2) is 18.2 Å². The molecule has 0 aliphatic heterocycles. The normalized spacial score (nSPS) is 17.6. The molecule has 2 rings (SSSR count). The van der Waals surface area contributed by atoms with Crippen molar-refractivity contribution in [3.63, 3.8) is 0 Å². The number of nitro groups is 1. The Kier molecular flexibility index (Phi) is 2.53. The molecule has 4 nitrogen and oxygen atoms in total. The summed E-state index contributed by atoms with van der Waals surface area (Å²) in [5.74, 6) is -0.584. The predicted octanol–water partition coefficient (Wildman–Crippen LogP) is 3.09. The van der Waals surface area contributed by atoms with Crippen molar-refractivity contribution in [3.8, 4) is 0 Å². The predicted molar refractivity (Wildman–Crippen MR) is 58.9 cm³/mol. The molecule has 1 aromatic carbocycles. The Labute approximate surface area is 92.6 Å². The van der Waals surface area contributed by atoms with Gasteiger partial charge in [0.25, 0.3) is 5.69 Å². The third kappa shape index (κ3) is 2.13. The summed E-state index contributed by atoms with van der Waals surface area (Å²) in [4.78, 5) is 9.98. The molecule has 0 unspecified atom stereocenters. The fraction of sp³-hybridized carbons (Fsp3) is 0.455. The van der Waals surface area contributed by atoms with Crippen molar-refractivity contribution in [2.24, 2.45) is 0 Å². The van der Waals surface area contributed by atoms with Gasteiger partial charge in [0, 0.05) is 17.3 Å². The van der Waals surface area contributed by atoms with Crippen molar-refractivity contribution in [1.29, 1.82) is 0 Å². The third-order valence-electron chi connectivity index (χ3n) is 3.00. The highest BCUT2D eigenvalue weighted by Gasteiger charge is 2.31. The molecule has 0 aromatic heterocycles. The van der Waals surface area contributed by atoms with Crippen LogP contribution in [0.2, 0.25) is 0 Å². The van der Waals surface area contributed by atoms with E-state index in [1.54, 1.807) is 0 Å². The minimum absolute atomic E-state index is 0.0400. The van der Waals surface area contributed by atoms with E-state index in [-0.39, 0.29) is 11.2 Å². The summed E-state index contributed by atoms with van der Waals surface area (Å²) in [5, 5.41) is 13.7. The van der Waals surface area contributed by atoms with Crippen molar-refractivity contribution in [2.45, 2.75) is 31.7 Å². The van der Waals surface area contributed by atoms with E-state index >= 15 is 0 Å². The van der Waals surface area contributed by atoms with E-state index in [9.17, 15) is 14.5 Å². The number of benzene rings is 1. The molecule has 0 radical (unpaired) electrons. The Morgan fingerprint density at radius 1 is 1.44 bits per heavy atom. The Balaban J connectivity index is 2.23. The average molecular weight is 224 g/mol. The number of nitro benzene ring substituents is 1. The summed E-state index contributed by atoms with van der Waals surface area (Å²) in [5.41, 5.74) is 0.223. The van der Waals surface area contributed by atoms with Gasteiger partial charge >= 0.3 is 0 Å². The zero-order valence-electron chi connectivity index (χ0n) is 9.00. The van der Waals surface area contributed by atoms with Crippen LogP contribution in [0, 0.1) is 15.9 Å². The molecule has 0 spiro atoms. The van der Waals surface area contributed by atoms with Gasteiger partial charge in [-0.3, -0.25) is 10.1 Å². The van der Waals surface area contributed by atoms with Crippen molar-refractivity contribution in [2.75, 3.05) is 5.32 Å². The van der Waals surface area contributed by atoms with Gasteiger partial charge in [-0.15, -0.1) is 0 Å². The minimum Gasteiger partial charge on any atom is -0.380 e. The first-order valence-corrected chi connectivity index (χ1v) is 5.22. The first-order valence-electron chi connectivity index (χ1n) is 5.22. The number of rotatable bonds is 3.